The van der Waals surface area contributed by atoms with E-state index in [0.717, 1.165) is 5.56 Å². The number of nitrogen functional groups attached to an aromatic ring is 1. The highest BCUT2D eigenvalue weighted by atomic mass is 16.3. The first-order valence-corrected chi connectivity index (χ1v) is 6.91. The minimum atomic E-state index is -0.902. The molecule has 0 atom stereocenters. The Morgan fingerprint density at radius 2 is 1.50 bits per heavy atom. The number of hydrogen-bond acceptors (Lipinski definition) is 5. The van der Waals surface area contributed by atoms with E-state index in [-0.39, 0.29) is 5.41 Å². The van der Waals surface area contributed by atoms with Gasteiger partial charge in [0.2, 0.25) is 0 Å². The second-order valence-electron chi connectivity index (χ2n) is 7.47. The lowest BCUT2D eigenvalue weighted by Crippen LogP contribution is -2.51. The number of anilines is 2. The highest BCUT2D eigenvalue weighted by Gasteiger charge is 2.36. The third-order valence-corrected chi connectivity index (χ3v) is 3.81. The lowest BCUT2D eigenvalue weighted by molar-refractivity contribution is 0.0238. The molecular weight excluding hydrogens is 252 g/mol. The maximum atomic E-state index is 10.3. The van der Waals surface area contributed by atoms with Crippen LogP contribution in [0.15, 0.2) is 0 Å². The Morgan fingerprint density at radius 3 is 1.90 bits per heavy atom. The first-order valence-electron chi connectivity index (χ1n) is 6.91. The Bertz CT molecular complexity index is 496. The fraction of sp³-hybridized carbons (Fsp3) is 0.733. The van der Waals surface area contributed by atoms with E-state index in [1.165, 1.54) is 0 Å². The zero-order valence-corrected chi connectivity index (χ0v) is 13.9. The van der Waals surface area contributed by atoms with Crippen LogP contribution in [0.3, 0.4) is 0 Å². The normalized spacial score (nSPS) is 13.4. The first-order chi connectivity index (χ1) is 8.75. The molecule has 1 aromatic heterocycles. The Balaban J connectivity index is 3.29. The Kier molecular flexibility index (Phi) is 4.07. The highest BCUT2D eigenvalue weighted by Crippen LogP contribution is 2.30. The summed E-state index contributed by atoms with van der Waals surface area (Å²) in [7, 11) is 0. The zero-order valence-electron chi connectivity index (χ0n) is 13.9. The molecule has 0 fully saturated rings. The molecule has 0 aliphatic heterocycles. The minimum Gasteiger partial charge on any atom is -0.388 e. The van der Waals surface area contributed by atoms with Gasteiger partial charge in [0.25, 0.3) is 0 Å². The smallest absolute Gasteiger partial charge is 0.138 e. The number of aliphatic hydroxyl groups is 1. The molecule has 0 amide bonds. The lowest BCUT2D eigenvalue weighted by Gasteiger charge is -2.39. The SMILES string of the molecule is Cc1c(N)nc(C(C)(C)C)nc1NC(C)(C)C(C)(C)O. The maximum absolute atomic E-state index is 10.3. The average molecular weight is 280 g/mol. The van der Waals surface area contributed by atoms with Crippen LogP contribution in [-0.2, 0) is 5.41 Å². The fourth-order valence-corrected chi connectivity index (χ4v) is 1.44. The zero-order chi connectivity index (χ0) is 15.9. The van der Waals surface area contributed by atoms with Gasteiger partial charge in [0.05, 0.1) is 11.1 Å². The quantitative estimate of drug-likeness (QED) is 0.792. The molecule has 0 aliphatic rings. The van der Waals surface area contributed by atoms with E-state index in [4.69, 9.17) is 5.73 Å². The highest BCUT2D eigenvalue weighted by molar-refractivity contribution is 5.56. The second kappa shape index (κ2) is 4.88. The summed E-state index contributed by atoms with van der Waals surface area (Å²) in [5.74, 6) is 1.84. The minimum absolute atomic E-state index is 0.183. The third-order valence-electron chi connectivity index (χ3n) is 3.81. The van der Waals surface area contributed by atoms with Crippen molar-refractivity contribution in [2.45, 2.75) is 71.9 Å². The molecule has 1 rings (SSSR count). The van der Waals surface area contributed by atoms with Crippen molar-refractivity contribution >= 4 is 11.6 Å². The summed E-state index contributed by atoms with van der Waals surface area (Å²) in [6.07, 6.45) is 0. The van der Waals surface area contributed by atoms with Crippen LogP contribution in [-0.4, -0.2) is 26.2 Å². The molecule has 0 saturated carbocycles. The van der Waals surface area contributed by atoms with E-state index < -0.39 is 11.1 Å². The van der Waals surface area contributed by atoms with Gasteiger partial charge in [0.1, 0.15) is 17.5 Å². The van der Waals surface area contributed by atoms with Gasteiger partial charge in [0.15, 0.2) is 0 Å². The summed E-state index contributed by atoms with van der Waals surface area (Å²) < 4.78 is 0. The van der Waals surface area contributed by atoms with Gasteiger partial charge in [-0.05, 0) is 34.6 Å². The van der Waals surface area contributed by atoms with Crippen molar-refractivity contribution in [1.82, 2.24) is 9.97 Å². The average Bonchev–Trinajstić information content (AvgIpc) is 2.21. The van der Waals surface area contributed by atoms with Crippen molar-refractivity contribution in [3.63, 3.8) is 0 Å². The van der Waals surface area contributed by atoms with Crippen molar-refractivity contribution in [3.05, 3.63) is 11.4 Å². The van der Waals surface area contributed by atoms with E-state index in [1.807, 2.05) is 41.5 Å². The molecule has 0 aliphatic carbocycles. The summed E-state index contributed by atoms with van der Waals surface area (Å²) in [4.78, 5) is 8.95. The summed E-state index contributed by atoms with van der Waals surface area (Å²) in [6, 6.07) is 0. The Labute approximate surface area is 122 Å². The number of nitrogens with two attached hydrogens (primary N) is 1. The molecule has 1 heterocycles. The molecule has 20 heavy (non-hydrogen) atoms. The third kappa shape index (κ3) is 3.39. The van der Waals surface area contributed by atoms with Gasteiger partial charge in [-0.1, -0.05) is 20.8 Å². The predicted octanol–water partition coefficient (Wildman–Crippen LogP) is 2.63. The first kappa shape index (κ1) is 16.7. The molecule has 0 aromatic carbocycles. The lowest BCUT2D eigenvalue weighted by atomic mass is 9.86. The van der Waals surface area contributed by atoms with E-state index in [1.54, 1.807) is 13.8 Å². The van der Waals surface area contributed by atoms with E-state index in [2.05, 4.69) is 15.3 Å². The number of hydrogen-bond donors (Lipinski definition) is 3. The van der Waals surface area contributed by atoms with Gasteiger partial charge in [-0.3, -0.25) is 0 Å². The Morgan fingerprint density at radius 1 is 1.00 bits per heavy atom. The van der Waals surface area contributed by atoms with Crippen LogP contribution in [0.1, 0.15) is 59.9 Å². The molecule has 0 bridgehead atoms. The molecule has 0 spiro atoms. The summed E-state index contributed by atoms with van der Waals surface area (Å²) in [5.41, 5.74) is 5.16. The van der Waals surface area contributed by atoms with Crippen LogP contribution in [0.2, 0.25) is 0 Å². The van der Waals surface area contributed by atoms with Crippen molar-refractivity contribution in [3.8, 4) is 0 Å². The summed E-state index contributed by atoms with van der Waals surface area (Å²) >= 11 is 0. The molecule has 114 valence electrons. The van der Waals surface area contributed by atoms with Gasteiger partial charge in [-0.15, -0.1) is 0 Å². The molecule has 0 radical (unpaired) electrons. The van der Waals surface area contributed by atoms with Crippen molar-refractivity contribution in [1.29, 1.82) is 0 Å². The summed E-state index contributed by atoms with van der Waals surface area (Å²) in [6.45, 7) is 15.4. The molecule has 1 aromatic rings. The van der Waals surface area contributed by atoms with Crippen molar-refractivity contribution in [2.75, 3.05) is 11.1 Å². The maximum Gasteiger partial charge on any atom is 0.138 e. The molecule has 4 N–H and O–H groups in total. The van der Waals surface area contributed by atoms with Gasteiger partial charge in [-0.25, -0.2) is 9.97 Å². The monoisotopic (exact) mass is 280 g/mol. The molecule has 0 saturated heterocycles. The van der Waals surface area contributed by atoms with Crippen LogP contribution in [0.4, 0.5) is 11.6 Å². The van der Waals surface area contributed by atoms with Gasteiger partial charge in [-0.2, -0.15) is 0 Å². The molecular formula is C15H28N4O. The number of nitrogens with zero attached hydrogens (tertiary/aromatic N) is 2. The number of aromatic nitrogens is 2. The summed E-state index contributed by atoms with van der Waals surface area (Å²) in [5, 5.41) is 13.6. The number of rotatable bonds is 3. The van der Waals surface area contributed by atoms with Crippen LogP contribution >= 0.6 is 0 Å². The van der Waals surface area contributed by atoms with Crippen LogP contribution < -0.4 is 11.1 Å². The van der Waals surface area contributed by atoms with Gasteiger partial charge >= 0.3 is 0 Å². The topological polar surface area (TPSA) is 84.1 Å². The van der Waals surface area contributed by atoms with Crippen LogP contribution in [0.5, 0.6) is 0 Å². The molecule has 0 unspecified atom stereocenters. The fourth-order valence-electron chi connectivity index (χ4n) is 1.44. The predicted molar refractivity (Wildman–Crippen MR) is 83.9 cm³/mol. The van der Waals surface area contributed by atoms with Crippen molar-refractivity contribution < 1.29 is 5.11 Å². The standard InChI is InChI=1S/C15H28N4O/c1-9-10(16)17-12(13(2,3)4)18-11(9)19-14(5,6)15(7,8)20/h20H,1-8H3,(H3,16,17,18,19). The van der Waals surface area contributed by atoms with Crippen LogP contribution in [0, 0.1) is 6.92 Å². The van der Waals surface area contributed by atoms with Crippen molar-refractivity contribution in [2.24, 2.45) is 0 Å². The van der Waals surface area contributed by atoms with E-state index in [0.29, 0.717) is 17.5 Å². The largest absolute Gasteiger partial charge is 0.388 e. The number of nitrogens with one attached hydrogen (secondary N) is 1. The van der Waals surface area contributed by atoms with Crippen LogP contribution in [0.25, 0.3) is 0 Å². The molecule has 5 heteroatoms. The van der Waals surface area contributed by atoms with E-state index >= 15 is 0 Å². The second-order valence-corrected chi connectivity index (χ2v) is 7.47. The van der Waals surface area contributed by atoms with Gasteiger partial charge < -0.3 is 16.2 Å². The molecule has 5 nitrogen and oxygen atoms in total. The Hall–Kier alpha value is -1.36. The van der Waals surface area contributed by atoms with E-state index in [9.17, 15) is 5.11 Å². The van der Waals surface area contributed by atoms with Gasteiger partial charge in [0, 0.05) is 11.0 Å².